The number of hydrogen-bond donors (Lipinski definition) is 0. The highest BCUT2D eigenvalue weighted by Crippen LogP contribution is 1.97. The summed E-state index contributed by atoms with van der Waals surface area (Å²) in [6.45, 7) is 2.69. The highest BCUT2D eigenvalue weighted by molar-refractivity contribution is 5.70. The molecule has 0 bridgehead atoms. The van der Waals surface area contributed by atoms with Gasteiger partial charge >= 0.3 is 5.97 Å². The third kappa shape index (κ3) is 5.12. The predicted molar refractivity (Wildman–Crippen MR) is 55.4 cm³/mol. The highest BCUT2D eigenvalue weighted by atomic mass is 16.6. The van der Waals surface area contributed by atoms with Crippen molar-refractivity contribution in [3.8, 4) is 0 Å². The van der Waals surface area contributed by atoms with E-state index in [9.17, 15) is 4.79 Å². The second-order valence-corrected chi connectivity index (χ2v) is 2.97. The molecule has 0 spiro atoms. The smallest absolute Gasteiger partial charge is 0.332 e. The van der Waals surface area contributed by atoms with Crippen molar-refractivity contribution in [2.45, 2.75) is 13.3 Å². The van der Waals surface area contributed by atoms with E-state index in [1.807, 2.05) is 12.1 Å². The van der Waals surface area contributed by atoms with E-state index in [-0.39, 0.29) is 12.6 Å². The average Bonchev–Trinajstić information content (AvgIpc) is 2.26. The molecule has 0 atom stereocenters. The van der Waals surface area contributed by atoms with Crippen molar-refractivity contribution >= 4 is 5.97 Å². The van der Waals surface area contributed by atoms with Gasteiger partial charge in [0.1, 0.15) is 6.61 Å². The van der Waals surface area contributed by atoms with Crippen LogP contribution in [0.25, 0.3) is 0 Å². The van der Waals surface area contributed by atoms with Gasteiger partial charge in [-0.05, 0) is 25.0 Å². The van der Waals surface area contributed by atoms with Gasteiger partial charge in [0, 0.05) is 12.4 Å². The van der Waals surface area contributed by atoms with E-state index < -0.39 is 0 Å². The Morgan fingerprint density at radius 3 is 3.07 bits per heavy atom. The Hall–Kier alpha value is -1.42. The Labute approximate surface area is 89.2 Å². The van der Waals surface area contributed by atoms with Crippen molar-refractivity contribution in [2.24, 2.45) is 0 Å². The molecule has 0 unspecified atom stereocenters. The molecule has 0 radical (unpaired) electrons. The maximum atomic E-state index is 10.9. The molecule has 0 aromatic carbocycles. The van der Waals surface area contributed by atoms with Crippen molar-refractivity contribution in [1.82, 2.24) is 4.98 Å². The van der Waals surface area contributed by atoms with Crippen LogP contribution in [-0.4, -0.2) is 30.8 Å². The van der Waals surface area contributed by atoms with E-state index >= 15 is 0 Å². The molecule has 1 aromatic rings. The van der Waals surface area contributed by atoms with Gasteiger partial charge in [-0.2, -0.15) is 0 Å². The standard InChI is InChI=1S/C11H15NO3/c1-2-15-11(13)9-14-7-5-10-4-3-6-12-8-10/h3-4,6,8H,2,5,7,9H2,1H3. The van der Waals surface area contributed by atoms with Crippen LogP contribution < -0.4 is 0 Å². The molecule has 0 amide bonds. The van der Waals surface area contributed by atoms with Gasteiger partial charge in [-0.15, -0.1) is 0 Å². The number of aromatic nitrogens is 1. The lowest BCUT2D eigenvalue weighted by Gasteiger charge is -2.03. The molecule has 4 nitrogen and oxygen atoms in total. The topological polar surface area (TPSA) is 48.4 Å². The molecule has 1 rings (SSSR count). The number of esters is 1. The summed E-state index contributed by atoms with van der Waals surface area (Å²) in [4.78, 5) is 14.9. The first kappa shape index (κ1) is 11.7. The van der Waals surface area contributed by atoms with E-state index in [1.54, 1.807) is 19.3 Å². The second kappa shape index (κ2) is 6.95. The molecule has 0 N–H and O–H groups in total. The van der Waals surface area contributed by atoms with E-state index in [0.717, 1.165) is 12.0 Å². The summed E-state index contributed by atoms with van der Waals surface area (Å²) in [5.41, 5.74) is 1.10. The number of rotatable bonds is 6. The molecule has 1 heterocycles. The summed E-state index contributed by atoms with van der Waals surface area (Å²) in [5.74, 6) is -0.316. The van der Waals surface area contributed by atoms with Crippen LogP contribution in [0.4, 0.5) is 0 Å². The van der Waals surface area contributed by atoms with Gasteiger partial charge in [0.2, 0.25) is 0 Å². The Morgan fingerprint density at radius 1 is 1.53 bits per heavy atom. The molecule has 82 valence electrons. The molecule has 0 saturated heterocycles. The Bertz CT molecular complexity index is 287. The lowest BCUT2D eigenvalue weighted by molar-refractivity contribution is -0.148. The van der Waals surface area contributed by atoms with Crippen LogP contribution >= 0.6 is 0 Å². The molecular weight excluding hydrogens is 194 g/mol. The minimum Gasteiger partial charge on any atom is -0.464 e. The zero-order valence-corrected chi connectivity index (χ0v) is 8.81. The van der Waals surface area contributed by atoms with Gasteiger partial charge in [0.15, 0.2) is 0 Å². The van der Waals surface area contributed by atoms with Crippen LogP contribution in [-0.2, 0) is 20.7 Å². The molecule has 15 heavy (non-hydrogen) atoms. The summed E-state index contributed by atoms with van der Waals surface area (Å²) in [7, 11) is 0. The van der Waals surface area contributed by atoms with Crippen LogP contribution in [0.15, 0.2) is 24.5 Å². The monoisotopic (exact) mass is 209 g/mol. The fourth-order valence-corrected chi connectivity index (χ4v) is 1.09. The number of carbonyl (C=O) groups excluding carboxylic acids is 1. The van der Waals surface area contributed by atoms with E-state index in [4.69, 9.17) is 9.47 Å². The largest absolute Gasteiger partial charge is 0.464 e. The number of carbonyl (C=O) groups is 1. The highest BCUT2D eigenvalue weighted by Gasteiger charge is 2.00. The summed E-state index contributed by atoms with van der Waals surface area (Å²) < 4.78 is 9.87. The third-order valence-electron chi connectivity index (χ3n) is 1.78. The number of ether oxygens (including phenoxy) is 2. The lowest BCUT2D eigenvalue weighted by Crippen LogP contribution is -2.13. The molecule has 0 saturated carbocycles. The third-order valence-corrected chi connectivity index (χ3v) is 1.78. The van der Waals surface area contributed by atoms with Gasteiger partial charge in [-0.1, -0.05) is 6.07 Å². The zero-order chi connectivity index (χ0) is 10.9. The Kier molecular flexibility index (Phi) is 5.40. The van der Waals surface area contributed by atoms with Crippen molar-refractivity contribution in [2.75, 3.05) is 19.8 Å². The maximum Gasteiger partial charge on any atom is 0.332 e. The molecule has 0 fully saturated rings. The molecule has 0 aliphatic heterocycles. The van der Waals surface area contributed by atoms with Crippen LogP contribution in [0.2, 0.25) is 0 Å². The van der Waals surface area contributed by atoms with E-state index in [0.29, 0.717) is 13.2 Å². The van der Waals surface area contributed by atoms with Crippen LogP contribution in [0, 0.1) is 0 Å². The lowest BCUT2D eigenvalue weighted by atomic mass is 10.2. The predicted octanol–water partition coefficient (Wildman–Crippen LogP) is 1.20. The first-order valence-electron chi connectivity index (χ1n) is 4.95. The molecule has 4 heteroatoms. The fourth-order valence-electron chi connectivity index (χ4n) is 1.09. The Morgan fingerprint density at radius 2 is 2.40 bits per heavy atom. The van der Waals surface area contributed by atoms with Gasteiger partial charge in [0.05, 0.1) is 13.2 Å². The van der Waals surface area contributed by atoms with Crippen molar-refractivity contribution < 1.29 is 14.3 Å². The van der Waals surface area contributed by atoms with Crippen molar-refractivity contribution in [3.05, 3.63) is 30.1 Å². The normalized spacial score (nSPS) is 9.93. The quantitative estimate of drug-likeness (QED) is 0.522. The fraction of sp³-hybridized carbons (Fsp3) is 0.455. The molecule has 0 aliphatic carbocycles. The van der Waals surface area contributed by atoms with Crippen molar-refractivity contribution in [1.29, 1.82) is 0 Å². The first-order valence-corrected chi connectivity index (χ1v) is 4.95. The van der Waals surface area contributed by atoms with Gasteiger partial charge < -0.3 is 9.47 Å². The minimum atomic E-state index is -0.316. The first-order chi connectivity index (χ1) is 7.33. The van der Waals surface area contributed by atoms with Crippen LogP contribution in [0.3, 0.4) is 0 Å². The maximum absolute atomic E-state index is 10.9. The zero-order valence-electron chi connectivity index (χ0n) is 8.81. The molecule has 1 aromatic heterocycles. The van der Waals surface area contributed by atoms with Crippen LogP contribution in [0.1, 0.15) is 12.5 Å². The summed E-state index contributed by atoms with van der Waals surface area (Å²) in [6.07, 6.45) is 4.27. The minimum absolute atomic E-state index is 0.0219. The summed E-state index contributed by atoms with van der Waals surface area (Å²) in [6, 6.07) is 3.85. The summed E-state index contributed by atoms with van der Waals surface area (Å²) in [5, 5.41) is 0. The summed E-state index contributed by atoms with van der Waals surface area (Å²) >= 11 is 0. The second-order valence-electron chi connectivity index (χ2n) is 2.97. The van der Waals surface area contributed by atoms with Gasteiger partial charge in [-0.25, -0.2) is 4.79 Å². The number of pyridine rings is 1. The molecule has 0 aliphatic rings. The van der Waals surface area contributed by atoms with E-state index in [2.05, 4.69) is 4.98 Å². The SMILES string of the molecule is CCOC(=O)COCCc1cccnc1. The number of hydrogen-bond acceptors (Lipinski definition) is 4. The van der Waals surface area contributed by atoms with Gasteiger partial charge in [-0.3, -0.25) is 4.98 Å². The Balaban J connectivity index is 2.10. The van der Waals surface area contributed by atoms with Gasteiger partial charge in [0.25, 0.3) is 0 Å². The molecular formula is C11H15NO3. The van der Waals surface area contributed by atoms with E-state index in [1.165, 1.54) is 0 Å². The average molecular weight is 209 g/mol. The van der Waals surface area contributed by atoms with Crippen LogP contribution in [0.5, 0.6) is 0 Å². The number of nitrogens with zero attached hydrogens (tertiary/aromatic N) is 1. The van der Waals surface area contributed by atoms with Crippen molar-refractivity contribution in [3.63, 3.8) is 0 Å².